The molecule has 7 heteroatoms. The van der Waals surface area contributed by atoms with Gasteiger partial charge in [0.2, 0.25) is 0 Å². The third-order valence-corrected chi connectivity index (χ3v) is 5.45. The molecule has 1 saturated heterocycles. The number of guanidine groups is 1. The summed E-state index contributed by atoms with van der Waals surface area (Å²) in [5.74, 6) is 2.45. The molecule has 0 spiro atoms. The van der Waals surface area contributed by atoms with Crippen LogP contribution in [0.5, 0.6) is 11.5 Å². The molecule has 1 unspecified atom stereocenters. The van der Waals surface area contributed by atoms with E-state index in [2.05, 4.69) is 39.2 Å². The van der Waals surface area contributed by atoms with Crippen LogP contribution in [0.1, 0.15) is 17.2 Å². The number of rotatable bonds is 10. The number of nitrogens with zero attached hydrogens (tertiary/aromatic N) is 2. The molecular weight excluding hydrogens is 404 g/mol. The Morgan fingerprint density at radius 3 is 2.59 bits per heavy atom. The maximum absolute atomic E-state index is 5.76. The van der Waals surface area contributed by atoms with Gasteiger partial charge in [-0.25, -0.2) is 0 Å². The predicted octanol–water partition coefficient (Wildman–Crippen LogP) is 3.00. The molecule has 1 heterocycles. The number of morpholine rings is 1. The maximum Gasteiger partial charge on any atom is 0.191 e. The molecule has 172 valence electrons. The highest BCUT2D eigenvalue weighted by Gasteiger charge is 2.23. The van der Waals surface area contributed by atoms with Crippen molar-refractivity contribution in [2.24, 2.45) is 4.99 Å². The standard InChI is InChI=1S/C25H34N4O3/c1-4-15-32-24-8-6-5-7-21(24)18-27-25(26-2)28-19-23(29-13-16-31-17-14-29)20-9-11-22(30-3)12-10-20/h4-12,23H,1,13-19H2,2-3H3,(H2,26,27,28). The predicted molar refractivity (Wildman–Crippen MR) is 128 cm³/mol. The minimum atomic E-state index is 0.201. The largest absolute Gasteiger partial charge is 0.497 e. The Balaban J connectivity index is 1.64. The van der Waals surface area contributed by atoms with Crippen LogP contribution in [0.15, 0.2) is 66.2 Å². The topological polar surface area (TPSA) is 67.3 Å². The second kappa shape index (κ2) is 12.7. The van der Waals surface area contributed by atoms with Crippen LogP contribution < -0.4 is 20.1 Å². The normalized spacial score (nSPS) is 15.6. The second-order valence-corrected chi connectivity index (χ2v) is 7.45. The van der Waals surface area contributed by atoms with Crippen LogP contribution in [-0.4, -0.2) is 64.5 Å². The van der Waals surface area contributed by atoms with Crippen LogP contribution >= 0.6 is 0 Å². The number of nitrogens with one attached hydrogen (secondary N) is 2. The molecular formula is C25H34N4O3. The minimum absolute atomic E-state index is 0.201. The molecule has 0 aromatic heterocycles. The third kappa shape index (κ3) is 6.73. The molecule has 0 radical (unpaired) electrons. The molecule has 32 heavy (non-hydrogen) atoms. The van der Waals surface area contributed by atoms with Gasteiger partial charge in [0.25, 0.3) is 0 Å². The van der Waals surface area contributed by atoms with E-state index in [4.69, 9.17) is 14.2 Å². The van der Waals surface area contributed by atoms with Crippen molar-refractivity contribution in [1.29, 1.82) is 0 Å². The lowest BCUT2D eigenvalue weighted by molar-refractivity contribution is 0.0170. The van der Waals surface area contributed by atoms with Gasteiger partial charge in [0.15, 0.2) is 5.96 Å². The summed E-state index contributed by atoms with van der Waals surface area (Å²) >= 11 is 0. The van der Waals surface area contributed by atoms with E-state index in [-0.39, 0.29) is 6.04 Å². The van der Waals surface area contributed by atoms with Crippen LogP contribution in [0.25, 0.3) is 0 Å². The molecule has 2 N–H and O–H groups in total. The monoisotopic (exact) mass is 438 g/mol. The summed E-state index contributed by atoms with van der Waals surface area (Å²) in [4.78, 5) is 6.86. The van der Waals surface area contributed by atoms with Crippen molar-refractivity contribution in [1.82, 2.24) is 15.5 Å². The van der Waals surface area contributed by atoms with Crippen molar-refractivity contribution < 1.29 is 14.2 Å². The number of benzene rings is 2. The first-order valence-electron chi connectivity index (χ1n) is 11.0. The van der Waals surface area contributed by atoms with Gasteiger partial charge in [-0.05, 0) is 23.8 Å². The number of aliphatic imine (C=N–C) groups is 1. The molecule has 3 rings (SSSR count). The van der Waals surface area contributed by atoms with Gasteiger partial charge >= 0.3 is 0 Å². The smallest absolute Gasteiger partial charge is 0.191 e. The highest BCUT2D eigenvalue weighted by molar-refractivity contribution is 5.79. The molecule has 1 aliphatic rings. The summed E-state index contributed by atoms with van der Waals surface area (Å²) in [5.41, 5.74) is 2.30. The van der Waals surface area contributed by atoms with E-state index in [0.29, 0.717) is 13.2 Å². The molecule has 0 saturated carbocycles. The zero-order valence-electron chi connectivity index (χ0n) is 19.0. The summed E-state index contributed by atoms with van der Waals surface area (Å²) in [7, 11) is 3.47. The highest BCUT2D eigenvalue weighted by Crippen LogP contribution is 2.24. The molecule has 1 fully saturated rings. The highest BCUT2D eigenvalue weighted by atomic mass is 16.5. The molecule has 2 aromatic carbocycles. The first-order valence-corrected chi connectivity index (χ1v) is 11.0. The van der Waals surface area contributed by atoms with Gasteiger partial charge in [-0.3, -0.25) is 9.89 Å². The fourth-order valence-corrected chi connectivity index (χ4v) is 3.71. The molecule has 2 aromatic rings. The summed E-state index contributed by atoms with van der Waals surface area (Å²) in [6.45, 7) is 8.83. The van der Waals surface area contributed by atoms with Gasteiger partial charge in [0, 0.05) is 38.8 Å². The zero-order chi connectivity index (χ0) is 22.6. The summed E-state index contributed by atoms with van der Waals surface area (Å²) in [6.07, 6.45) is 1.75. The van der Waals surface area contributed by atoms with Gasteiger partial charge in [0.05, 0.1) is 26.4 Å². The quantitative estimate of drug-likeness (QED) is 0.338. The fraction of sp³-hybridized carbons (Fsp3) is 0.400. The Labute approximate surface area is 191 Å². The van der Waals surface area contributed by atoms with Gasteiger partial charge < -0.3 is 24.8 Å². The molecule has 1 aliphatic heterocycles. The first-order chi connectivity index (χ1) is 15.7. The lowest BCUT2D eigenvalue weighted by Gasteiger charge is -2.35. The third-order valence-electron chi connectivity index (χ3n) is 5.45. The van der Waals surface area contributed by atoms with Crippen LogP contribution in [0.4, 0.5) is 0 Å². The van der Waals surface area contributed by atoms with E-state index >= 15 is 0 Å². The molecule has 7 nitrogen and oxygen atoms in total. The first kappa shape index (κ1) is 23.6. The number of ether oxygens (including phenoxy) is 3. The Bertz CT molecular complexity index is 864. The molecule has 0 amide bonds. The average Bonchev–Trinajstić information content (AvgIpc) is 2.86. The summed E-state index contributed by atoms with van der Waals surface area (Å²) in [6, 6.07) is 16.5. The molecule has 1 atom stereocenters. The van der Waals surface area contributed by atoms with Crippen LogP contribution in [-0.2, 0) is 11.3 Å². The van der Waals surface area contributed by atoms with Crippen LogP contribution in [0.3, 0.4) is 0 Å². The maximum atomic E-state index is 5.76. The van der Waals surface area contributed by atoms with E-state index in [1.54, 1.807) is 20.2 Å². The van der Waals surface area contributed by atoms with Crippen molar-refractivity contribution in [3.8, 4) is 11.5 Å². The Kier molecular flexibility index (Phi) is 9.40. The summed E-state index contributed by atoms with van der Waals surface area (Å²) < 4.78 is 16.6. The number of hydrogen-bond acceptors (Lipinski definition) is 5. The van der Waals surface area contributed by atoms with Crippen molar-refractivity contribution in [3.63, 3.8) is 0 Å². The van der Waals surface area contributed by atoms with Crippen molar-refractivity contribution >= 4 is 5.96 Å². The van der Waals surface area contributed by atoms with E-state index < -0.39 is 0 Å². The number of hydrogen-bond donors (Lipinski definition) is 2. The zero-order valence-corrected chi connectivity index (χ0v) is 19.0. The van der Waals surface area contributed by atoms with E-state index in [9.17, 15) is 0 Å². The van der Waals surface area contributed by atoms with E-state index in [1.807, 2.05) is 36.4 Å². The van der Waals surface area contributed by atoms with Crippen molar-refractivity contribution in [2.75, 3.05) is 53.6 Å². The number of para-hydroxylation sites is 1. The van der Waals surface area contributed by atoms with Crippen molar-refractivity contribution in [3.05, 3.63) is 72.3 Å². The van der Waals surface area contributed by atoms with Gasteiger partial charge in [-0.2, -0.15) is 0 Å². The van der Waals surface area contributed by atoms with Crippen LogP contribution in [0.2, 0.25) is 0 Å². The van der Waals surface area contributed by atoms with Gasteiger partial charge in [-0.1, -0.05) is 43.0 Å². The van der Waals surface area contributed by atoms with Crippen LogP contribution in [0, 0.1) is 0 Å². The van der Waals surface area contributed by atoms with Gasteiger partial charge in [0.1, 0.15) is 18.1 Å². The van der Waals surface area contributed by atoms with E-state index in [0.717, 1.165) is 55.9 Å². The summed E-state index contributed by atoms with van der Waals surface area (Å²) in [5, 5.41) is 6.90. The molecule has 0 aliphatic carbocycles. The Morgan fingerprint density at radius 1 is 1.16 bits per heavy atom. The Morgan fingerprint density at radius 2 is 1.91 bits per heavy atom. The lowest BCUT2D eigenvalue weighted by atomic mass is 10.0. The van der Waals surface area contributed by atoms with Gasteiger partial charge in [-0.15, -0.1) is 0 Å². The fourth-order valence-electron chi connectivity index (χ4n) is 3.71. The Hall–Kier alpha value is -3.03. The lowest BCUT2D eigenvalue weighted by Crippen LogP contribution is -2.46. The molecule has 0 bridgehead atoms. The SMILES string of the molecule is C=CCOc1ccccc1CNC(=NC)NCC(c1ccc(OC)cc1)N1CCOCC1. The van der Waals surface area contributed by atoms with Crippen molar-refractivity contribution in [2.45, 2.75) is 12.6 Å². The minimum Gasteiger partial charge on any atom is -0.497 e. The number of methoxy groups -OCH3 is 1. The van der Waals surface area contributed by atoms with E-state index in [1.165, 1.54) is 5.56 Å². The second-order valence-electron chi connectivity index (χ2n) is 7.45. The average molecular weight is 439 g/mol.